The Kier molecular flexibility index (Phi) is 6.20. The summed E-state index contributed by atoms with van der Waals surface area (Å²) in [6.45, 7) is 3.79. The van der Waals surface area contributed by atoms with Gasteiger partial charge >= 0.3 is 6.01 Å². The van der Waals surface area contributed by atoms with Crippen molar-refractivity contribution < 1.29 is 4.74 Å². The van der Waals surface area contributed by atoms with E-state index in [0.29, 0.717) is 23.7 Å². The van der Waals surface area contributed by atoms with Gasteiger partial charge < -0.3 is 4.74 Å². The highest BCUT2D eigenvalue weighted by Gasteiger charge is 2.22. The maximum atomic E-state index is 6.35. The number of hydrogen-bond donors (Lipinski definition) is 0. The van der Waals surface area contributed by atoms with E-state index in [1.807, 2.05) is 30.3 Å². The lowest BCUT2D eigenvalue weighted by Crippen LogP contribution is -2.35. The molecule has 0 aliphatic carbocycles. The normalized spacial score (nSPS) is 15.6. The summed E-state index contributed by atoms with van der Waals surface area (Å²) in [4.78, 5) is 6.81. The Morgan fingerprint density at radius 2 is 1.57 bits per heavy atom. The Morgan fingerprint density at radius 3 is 2.25 bits per heavy atom. The first-order chi connectivity index (χ1) is 13.7. The Morgan fingerprint density at radius 1 is 0.929 bits per heavy atom. The first-order valence-electron chi connectivity index (χ1n) is 9.59. The summed E-state index contributed by atoms with van der Waals surface area (Å²) in [6, 6.07) is 20.9. The summed E-state index contributed by atoms with van der Waals surface area (Å²) in [5.41, 5.74) is 2.26. The Hall–Kier alpha value is -2.01. The van der Waals surface area contributed by atoms with Crippen molar-refractivity contribution in [3.8, 4) is 11.7 Å². The summed E-state index contributed by atoms with van der Waals surface area (Å²) < 4.78 is 7.81. The van der Waals surface area contributed by atoms with E-state index >= 15 is 0 Å². The van der Waals surface area contributed by atoms with E-state index in [9.17, 15) is 0 Å². The molecule has 0 spiro atoms. The number of rotatable bonds is 6. The van der Waals surface area contributed by atoms with Crippen LogP contribution in [0.15, 0.2) is 60.7 Å². The molecule has 0 unspecified atom stereocenters. The minimum absolute atomic E-state index is 0.262. The van der Waals surface area contributed by atoms with Crippen molar-refractivity contribution in [3.63, 3.8) is 0 Å². The summed E-state index contributed by atoms with van der Waals surface area (Å²) >= 11 is 12.5. The van der Waals surface area contributed by atoms with Crippen molar-refractivity contribution in [2.75, 3.05) is 19.7 Å². The van der Waals surface area contributed by atoms with Crippen molar-refractivity contribution >= 4 is 23.2 Å². The standard InChI is InChI=1S/C22H23Cl2N3O/c23-20-21(24)27(19-9-5-2-6-10-19)22(25-20)28-16-18-11-13-26(14-12-18)15-17-7-3-1-4-8-17/h1-10,18H,11-16H2. The minimum Gasteiger partial charge on any atom is -0.464 e. The second-order valence-electron chi connectivity index (χ2n) is 7.16. The van der Waals surface area contributed by atoms with Gasteiger partial charge in [-0.2, -0.15) is 4.98 Å². The molecule has 2 heterocycles. The number of likely N-dealkylation sites (tertiary alicyclic amines) is 1. The van der Waals surface area contributed by atoms with Gasteiger partial charge in [0.05, 0.1) is 12.3 Å². The molecule has 4 nitrogen and oxygen atoms in total. The van der Waals surface area contributed by atoms with Gasteiger partial charge in [0.15, 0.2) is 10.3 Å². The van der Waals surface area contributed by atoms with Crippen molar-refractivity contribution in [2.24, 2.45) is 5.92 Å². The van der Waals surface area contributed by atoms with E-state index < -0.39 is 0 Å². The van der Waals surface area contributed by atoms with Gasteiger partial charge in [-0.1, -0.05) is 71.7 Å². The fourth-order valence-corrected chi connectivity index (χ4v) is 3.97. The third-order valence-corrected chi connectivity index (χ3v) is 5.88. The highest BCUT2D eigenvalue weighted by molar-refractivity contribution is 6.40. The zero-order valence-electron chi connectivity index (χ0n) is 15.6. The number of para-hydroxylation sites is 1. The van der Waals surface area contributed by atoms with Crippen molar-refractivity contribution in [3.05, 3.63) is 76.5 Å². The largest absolute Gasteiger partial charge is 0.464 e. The molecular weight excluding hydrogens is 393 g/mol. The fraction of sp³-hybridized carbons (Fsp3) is 0.318. The van der Waals surface area contributed by atoms with Crippen molar-refractivity contribution in [1.82, 2.24) is 14.5 Å². The fourth-order valence-electron chi connectivity index (χ4n) is 3.60. The average Bonchev–Trinajstić information content (AvgIpc) is 3.02. The van der Waals surface area contributed by atoms with E-state index in [4.69, 9.17) is 27.9 Å². The predicted octanol–water partition coefficient (Wildman–Crippen LogP) is 5.47. The summed E-state index contributed by atoms with van der Waals surface area (Å²) in [5.74, 6) is 0.505. The summed E-state index contributed by atoms with van der Waals surface area (Å²) in [5, 5.41) is 0.638. The molecule has 1 aromatic heterocycles. The highest BCUT2D eigenvalue weighted by Crippen LogP contribution is 2.31. The number of ether oxygens (including phenoxy) is 1. The molecule has 1 aliphatic rings. The van der Waals surface area contributed by atoms with E-state index in [1.165, 1.54) is 5.56 Å². The highest BCUT2D eigenvalue weighted by atomic mass is 35.5. The zero-order chi connectivity index (χ0) is 19.3. The third kappa shape index (κ3) is 4.52. The number of benzene rings is 2. The van der Waals surface area contributed by atoms with Gasteiger partial charge in [0, 0.05) is 6.54 Å². The summed E-state index contributed by atoms with van der Waals surface area (Å²) in [7, 11) is 0. The van der Waals surface area contributed by atoms with Crippen LogP contribution in [-0.2, 0) is 6.54 Å². The number of aromatic nitrogens is 2. The number of piperidine rings is 1. The topological polar surface area (TPSA) is 30.3 Å². The van der Waals surface area contributed by atoms with Gasteiger partial charge in [-0.05, 0) is 49.5 Å². The average molecular weight is 416 g/mol. The van der Waals surface area contributed by atoms with Crippen LogP contribution >= 0.6 is 23.2 Å². The molecular formula is C22H23Cl2N3O. The molecule has 0 amide bonds. The molecule has 0 bridgehead atoms. The van der Waals surface area contributed by atoms with Gasteiger partial charge in [0.1, 0.15) is 0 Å². The smallest absolute Gasteiger partial charge is 0.303 e. The van der Waals surface area contributed by atoms with Gasteiger partial charge in [-0.25, -0.2) is 0 Å². The summed E-state index contributed by atoms with van der Waals surface area (Å²) in [6.07, 6.45) is 2.22. The van der Waals surface area contributed by atoms with Crippen LogP contribution in [0.25, 0.3) is 5.69 Å². The van der Waals surface area contributed by atoms with Crippen molar-refractivity contribution in [2.45, 2.75) is 19.4 Å². The second kappa shape index (κ2) is 8.99. The van der Waals surface area contributed by atoms with E-state index in [2.05, 4.69) is 40.2 Å². The molecule has 6 heteroatoms. The second-order valence-corrected chi connectivity index (χ2v) is 7.88. The van der Waals surface area contributed by atoms with Gasteiger partial charge in [-0.3, -0.25) is 9.47 Å². The Balaban J connectivity index is 1.34. The number of halogens is 2. The Labute approximate surface area is 175 Å². The molecule has 1 saturated heterocycles. The molecule has 0 N–H and O–H groups in total. The molecule has 2 aromatic carbocycles. The van der Waals surface area contributed by atoms with Gasteiger partial charge in [0.2, 0.25) is 0 Å². The number of nitrogens with zero attached hydrogens (tertiary/aromatic N) is 3. The van der Waals surface area contributed by atoms with Gasteiger partial charge in [-0.15, -0.1) is 0 Å². The Bertz CT molecular complexity index is 891. The van der Waals surface area contributed by atoms with Crippen molar-refractivity contribution in [1.29, 1.82) is 0 Å². The monoisotopic (exact) mass is 415 g/mol. The first kappa shape index (κ1) is 19.3. The lowest BCUT2D eigenvalue weighted by molar-refractivity contribution is 0.131. The minimum atomic E-state index is 0.262. The van der Waals surface area contributed by atoms with E-state index in [0.717, 1.165) is 38.2 Å². The zero-order valence-corrected chi connectivity index (χ0v) is 17.1. The van der Waals surface area contributed by atoms with Crippen LogP contribution in [0.1, 0.15) is 18.4 Å². The maximum absolute atomic E-state index is 6.35. The lowest BCUT2D eigenvalue weighted by Gasteiger charge is -2.31. The molecule has 0 saturated carbocycles. The molecule has 0 radical (unpaired) electrons. The first-order valence-corrected chi connectivity index (χ1v) is 10.3. The molecule has 1 fully saturated rings. The maximum Gasteiger partial charge on any atom is 0.303 e. The van der Waals surface area contributed by atoms with Crippen LogP contribution < -0.4 is 4.74 Å². The molecule has 146 valence electrons. The van der Waals surface area contributed by atoms with Crippen LogP contribution in [0.5, 0.6) is 6.01 Å². The molecule has 1 aliphatic heterocycles. The van der Waals surface area contributed by atoms with Crippen LogP contribution in [-0.4, -0.2) is 34.1 Å². The van der Waals surface area contributed by atoms with Crippen LogP contribution in [0, 0.1) is 5.92 Å². The number of imidazole rings is 1. The number of hydrogen-bond acceptors (Lipinski definition) is 3. The molecule has 28 heavy (non-hydrogen) atoms. The lowest BCUT2D eigenvalue weighted by atomic mass is 9.97. The molecule has 4 rings (SSSR count). The van der Waals surface area contributed by atoms with Crippen LogP contribution in [0.3, 0.4) is 0 Å². The van der Waals surface area contributed by atoms with Crippen LogP contribution in [0.4, 0.5) is 0 Å². The van der Waals surface area contributed by atoms with Crippen LogP contribution in [0.2, 0.25) is 10.3 Å². The SMILES string of the molecule is Clc1nc(OCC2CCN(Cc3ccccc3)CC2)n(-c2ccccc2)c1Cl. The quantitative estimate of drug-likeness (QED) is 0.534. The third-order valence-electron chi connectivity index (χ3n) is 5.17. The van der Waals surface area contributed by atoms with Gasteiger partial charge in [0.25, 0.3) is 0 Å². The molecule has 3 aromatic rings. The molecule has 0 atom stereocenters. The van der Waals surface area contributed by atoms with E-state index in [1.54, 1.807) is 4.57 Å². The predicted molar refractivity (Wildman–Crippen MR) is 114 cm³/mol. The van der Waals surface area contributed by atoms with E-state index in [-0.39, 0.29) is 5.15 Å².